The predicted octanol–water partition coefficient (Wildman–Crippen LogP) is 4.66. The molecule has 0 spiro atoms. The van der Waals surface area contributed by atoms with Gasteiger partial charge >= 0.3 is 0 Å². The van der Waals surface area contributed by atoms with Crippen LogP contribution >= 0.6 is 31.9 Å². The van der Waals surface area contributed by atoms with Crippen LogP contribution in [0.15, 0.2) is 45.3 Å². The van der Waals surface area contributed by atoms with Crippen molar-refractivity contribution in [3.8, 4) is 5.75 Å². The van der Waals surface area contributed by atoms with Crippen molar-refractivity contribution >= 4 is 48.7 Å². The number of fused-ring (bicyclic) bond motifs is 1. The van der Waals surface area contributed by atoms with E-state index in [-0.39, 0.29) is 12.5 Å². The van der Waals surface area contributed by atoms with E-state index in [0.29, 0.717) is 15.8 Å². The fourth-order valence-electron chi connectivity index (χ4n) is 2.94. The van der Waals surface area contributed by atoms with Crippen LogP contribution in [0.2, 0.25) is 0 Å². The number of benzene rings is 2. The van der Waals surface area contributed by atoms with Crippen LogP contribution in [0.3, 0.4) is 0 Å². The quantitative estimate of drug-likeness (QED) is 0.628. The van der Waals surface area contributed by atoms with Gasteiger partial charge in [-0.2, -0.15) is 0 Å². The summed E-state index contributed by atoms with van der Waals surface area (Å²) in [5.74, 6) is 0.271. The summed E-state index contributed by atoms with van der Waals surface area (Å²) in [5.41, 5.74) is 2.68. The number of aromatic nitrogens is 1. The standard InChI is InChI=1S/C18H15Br2NO3/c1-10-14(9-22)12-5-3-4-6-16(12)21(10)18(23)13-7-11(19)8-15(20)17(13)24-2/h3-8,22H,9H2,1-2H3. The minimum atomic E-state index is -0.206. The highest BCUT2D eigenvalue weighted by Crippen LogP contribution is 2.35. The lowest BCUT2D eigenvalue weighted by atomic mass is 10.1. The molecule has 1 N–H and O–H groups in total. The number of aliphatic hydroxyl groups excluding tert-OH is 1. The van der Waals surface area contributed by atoms with Gasteiger partial charge in [-0.1, -0.05) is 34.1 Å². The molecule has 0 atom stereocenters. The number of carbonyl (C=O) groups excluding carboxylic acids is 1. The molecule has 0 aliphatic rings. The molecule has 1 aromatic heterocycles. The second-order valence-corrected chi connectivity index (χ2v) is 7.12. The summed E-state index contributed by atoms with van der Waals surface area (Å²) >= 11 is 6.85. The average molecular weight is 453 g/mol. The molecule has 0 aliphatic heterocycles. The van der Waals surface area contributed by atoms with Crippen molar-refractivity contribution in [1.82, 2.24) is 4.57 Å². The minimum Gasteiger partial charge on any atom is -0.495 e. The first-order valence-corrected chi connectivity index (χ1v) is 8.85. The molecule has 0 saturated heterocycles. The van der Waals surface area contributed by atoms with Gasteiger partial charge < -0.3 is 9.84 Å². The fourth-order valence-corrected chi connectivity index (χ4v) is 4.33. The van der Waals surface area contributed by atoms with Crippen LogP contribution in [0.25, 0.3) is 10.9 Å². The number of halogens is 2. The van der Waals surface area contributed by atoms with Gasteiger partial charge in [0.15, 0.2) is 0 Å². The van der Waals surface area contributed by atoms with Crippen LogP contribution in [0.5, 0.6) is 5.75 Å². The van der Waals surface area contributed by atoms with E-state index >= 15 is 0 Å². The van der Waals surface area contributed by atoms with E-state index in [4.69, 9.17) is 4.74 Å². The van der Waals surface area contributed by atoms with Crippen LogP contribution in [-0.4, -0.2) is 22.7 Å². The molecule has 2 aromatic carbocycles. The average Bonchev–Trinajstić information content (AvgIpc) is 2.84. The molecule has 4 nitrogen and oxygen atoms in total. The molecule has 6 heteroatoms. The lowest BCUT2D eigenvalue weighted by Gasteiger charge is -2.13. The molecule has 0 unspecified atom stereocenters. The Bertz CT molecular complexity index is 947. The normalized spacial score (nSPS) is 11.0. The fraction of sp³-hybridized carbons (Fsp3) is 0.167. The number of nitrogens with zero attached hydrogens (tertiary/aromatic N) is 1. The van der Waals surface area contributed by atoms with Crippen molar-refractivity contribution in [2.75, 3.05) is 7.11 Å². The summed E-state index contributed by atoms with van der Waals surface area (Å²) in [6.45, 7) is 1.72. The van der Waals surface area contributed by atoms with Crippen LogP contribution in [-0.2, 0) is 6.61 Å². The van der Waals surface area contributed by atoms with Crippen molar-refractivity contribution in [2.24, 2.45) is 0 Å². The van der Waals surface area contributed by atoms with E-state index in [2.05, 4.69) is 31.9 Å². The molecule has 0 fully saturated rings. The van der Waals surface area contributed by atoms with Crippen molar-refractivity contribution < 1.29 is 14.6 Å². The smallest absolute Gasteiger partial charge is 0.266 e. The molecule has 0 radical (unpaired) electrons. The first kappa shape index (κ1) is 17.2. The third kappa shape index (κ3) is 2.68. The van der Waals surface area contributed by atoms with E-state index < -0.39 is 0 Å². The summed E-state index contributed by atoms with van der Waals surface area (Å²) in [6.07, 6.45) is 0. The van der Waals surface area contributed by atoms with Gasteiger partial charge in [-0.05, 0) is 41.1 Å². The maximum absolute atomic E-state index is 13.3. The third-order valence-electron chi connectivity index (χ3n) is 4.05. The van der Waals surface area contributed by atoms with E-state index in [9.17, 15) is 9.90 Å². The first-order chi connectivity index (χ1) is 11.5. The molecule has 0 saturated carbocycles. The van der Waals surface area contributed by atoms with Crippen LogP contribution < -0.4 is 4.74 Å². The Hall–Kier alpha value is -1.63. The molecule has 1 heterocycles. The zero-order valence-electron chi connectivity index (χ0n) is 13.1. The molecule has 0 aliphatic carbocycles. The van der Waals surface area contributed by atoms with Crippen molar-refractivity contribution in [3.63, 3.8) is 0 Å². The van der Waals surface area contributed by atoms with Crippen LogP contribution in [0.4, 0.5) is 0 Å². The zero-order chi connectivity index (χ0) is 17.4. The molecule has 0 amide bonds. The predicted molar refractivity (Wildman–Crippen MR) is 101 cm³/mol. The molecule has 3 rings (SSSR count). The van der Waals surface area contributed by atoms with Gasteiger partial charge in [-0.15, -0.1) is 0 Å². The molecule has 24 heavy (non-hydrogen) atoms. The number of ether oxygens (including phenoxy) is 1. The Morgan fingerprint density at radius 3 is 2.62 bits per heavy atom. The minimum absolute atomic E-state index is 0.119. The maximum Gasteiger partial charge on any atom is 0.266 e. The van der Waals surface area contributed by atoms with E-state index in [0.717, 1.165) is 26.6 Å². The lowest BCUT2D eigenvalue weighted by Crippen LogP contribution is -2.15. The second kappa shape index (κ2) is 6.70. The zero-order valence-corrected chi connectivity index (χ0v) is 16.3. The summed E-state index contributed by atoms with van der Waals surface area (Å²) < 4.78 is 8.50. The number of rotatable bonds is 3. The number of aliphatic hydroxyl groups is 1. The largest absolute Gasteiger partial charge is 0.495 e. The summed E-state index contributed by atoms with van der Waals surface area (Å²) in [5, 5.41) is 10.6. The molecule has 0 bridgehead atoms. The second-order valence-electron chi connectivity index (χ2n) is 5.35. The molecule has 3 aromatic rings. The van der Waals surface area contributed by atoms with E-state index in [1.807, 2.05) is 37.3 Å². The van der Waals surface area contributed by atoms with Crippen LogP contribution in [0, 0.1) is 6.92 Å². The van der Waals surface area contributed by atoms with Crippen molar-refractivity contribution in [3.05, 3.63) is 62.2 Å². The first-order valence-electron chi connectivity index (χ1n) is 7.27. The number of para-hydroxylation sites is 1. The number of carbonyl (C=O) groups is 1. The summed E-state index contributed by atoms with van der Waals surface area (Å²) in [6, 6.07) is 11.1. The topological polar surface area (TPSA) is 51.5 Å². The Kier molecular flexibility index (Phi) is 4.80. The van der Waals surface area contributed by atoms with E-state index in [1.54, 1.807) is 10.6 Å². The van der Waals surface area contributed by atoms with Gasteiger partial charge in [-0.25, -0.2) is 0 Å². The van der Waals surface area contributed by atoms with Gasteiger partial charge in [0.05, 0.1) is 29.3 Å². The number of methoxy groups -OCH3 is 1. The third-order valence-corrected chi connectivity index (χ3v) is 5.09. The highest BCUT2D eigenvalue weighted by atomic mass is 79.9. The molecular weight excluding hydrogens is 438 g/mol. The van der Waals surface area contributed by atoms with Gasteiger partial charge in [0.2, 0.25) is 0 Å². The molecule has 124 valence electrons. The Morgan fingerprint density at radius 2 is 1.96 bits per heavy atom. The summed E-state index contributed by atoms with van der Waals surface area (Å²) in [4.78, 5) is 13.3. The number of hydrogen-bond acceptors (Lipinski definition) is 3. The number of hydrogen-bond donors (Lipinski definition) is 1. The highest BCUT2D eigenvalue weighted by molar-refractivity contribution is 9.11. The Balaban J connectivity index is 2.30. The summed E-state index contributed by atoms with van der Waals surface area (Å²) in [7, 11) is 1.53. The molecular formula is C18H15Br2NO3. The SMILES string of the molecule is COc1c(Br)cc(Br)cc1C(=O)n1c(C)c(CO)c2ccccc21. The maximum atomic E-state index is 13.3. The highest BCUT2D eigenvalue weighted by Gasteiger charge is 2.23. The lowest BCUT2D eigenvalue weighted by molar-refractivity contribution is 0.0959. The van der Waals surface area contributed by atoms with Gasteiger partial charge in [0, 0.05) is 21.1 Å². The van der Waals surface area contributed by atoms with E-state index in [1.165, 1.54) is 7.11 Å². The van der Waals surface area contributed by atoms with Crippen molar-refractivity contribution in [1.29, 1.82) is 0 Å². The van der Waals surface area contributed by atoms with Crippen LogP contribution in [0.1, 0.15) is 21.6 Å². The van der Waals surface area contributed by atoms with Crippen molar-refractivity contribution in [2.45, 2.75) is 13.5 Å². The van der Waals surface area contributed by atoms with Gasteiger partial charge in [-0.3, -0.25) is 9.36 Å². The van der Waals surface area contributed by atoms with Gasteiger partial charge in [0.25, 0.3) is 5.91 Å². The Morgan fingerprint density at radius 1 is 1.25 bits per heavy atom. The van der Waals surface area contributed by atoms with Gasteiger partial charge in [0.1, 0.15) is 5.75 Å². The monoisotopic (exact) mass is 451 g/mol. The Labute approximate surface area is 156 Å².